The van der Waals surface area contributed by atoms with E-state index in [1.807, 2.05) is 0 Å². The van der Waals surface area contributed by atoms with E-state index in [0.717, 1.165) is 51.4 Å². The van der Waals surface area contributed by atoms with Gasteiger partial charge in [-0.2, -0.15) is 0 Å². The number of rotatable bonds is 15. The summed E-state index contributed by atoms with van der Waals surface area (Å²) in [7, 11) is 0. The molecule has 8 nitrogen and oxygen atoms in total. The lowest BCUT2D eigenvalue weighted by molar-refractivity contribution is -0.130. The van der Waals surface area contributed by atoms with Gasteiger partial charge >= 0.3 is 0 Å². The van der Waals surface area contributed by atoms with Gasteiger partial charge in [-0.3, -0.25) is 9.59 Å². The normalized spacial score (nSPS) is 17.1. The summed E-state index contributed by atoms with van der Waals surface area (Å²) in [5.74, 6) is -0.116. The third-order valence-corrected chi connectivity index (χ3v) is 5.37. The summed E-state index contributed by atoms with van der Waals surface area (Å²) in [4.78, 5) is 25.5. The minimum Gasteiger partial charge on any atom is -0.394 e. The van der Waals surface area contributed by atoms with E-state index >= 15 is 0 Å². The van der Waals surface area contributed by atoms with E-state index in [1.54, 1.807) is 4.90 Å². The number of hydrogen-bond acceptors (Lipinski definition) is 6. The summed E-state index contributed by atoms with van der Waals surface area (Å²) in [6, 6.07) is 0. The van der Waals surface area contributed by atoms with E-state index < -0.39 is 25.4 Å². The molecule has 0 unspecified atom stereocenters. The highest BCUT2D eigenvalue weighted by Crippen LogP contribution is 2.14. The molecule has 1 aliphatic rings. The van der Waals surface area contributed by atoms with Crippen molar-refractivity contribution in [1.82, 2.24) is 10.2 Å². The predicted octanol–water partition coefficient (Wildman–Crippen LogP) is 0.313. The number of aliphatic hydroxyl groups excluding tert-OH is 4. The van der Waals surface area contributed by atoms with Crippen LogP contribution in [0.2, 0.25) is 0 Å². The van der Waals surface area contributed by atoms with Gasteiger partial charge in [0.15, 0.2) is 0 Å². The summed E-state index contributed by atoms with van der Waals surface area (Å²) in [5, 5.41) is 39.5. The zero-order valence-corrected chi connectivity index (χ0v) is 16.9. The molecule has 5 N–H and O–H groups in total. The van der Waals surface area contributed by atoms with Gasteiger partial charge in [-0.15, -0.1) is 0 Å². The van der Waals surface area contributed by atoms with Gasteiger partial charge in [0.2, 0.25) is 11.8 Å². The lowest BCUT2D eigenvalue weighted by Gasteiger charge is -2.28. The third kappa shape index (κ3) is 9.32. The second kappa shape index (κ2) is 13.9. The van der Waals surface area contributed by atoms with Crippen LogP contribution in [0, 0.1) is 0 Å². The van der Waals surface area contributed by atoms with Crippen LogP contribution in [-0.2, 0) is 9.59 Å². The molecule has 1 atom stereocenters. The molecule has 1 aliphatic heterocycles. The third-order valence-electron chi connectivity index (χ3n) is 5.37. The van der Waals surface area contributed by atoms with Crippen molar-refractivity contribution in [3.8, 4) is 0 Å². The zero-order valence-electron chi connectivity index (χ0n) is 16.9. The zero-order chi connectivity index (χ0) is 20.8. The van der Waals surface area contributed by atoms with Gasteiger partial charge in [0.05, 0.1) is 25.9 Å². The highest BCUT2D eigenvalue weighted by Gasteiger charge is 2.29. The van der Waals surface area contributed by atoms with Crippen LogP contribution in [0.4, 0.5) is 0 Å². The molecule has 1 heterocycles. The highest BCUT2D eigenvalue weighted by atomic mass is 16.3. The van der Waals surface area contributed by atoms with Crippen LogP contribution in [0.3, 0.4) is 0 Å². The van der Waals surface area contributed by atoms with Crippen molar-refractivity contribution in [2.45, 2.75) is 82.3 Å². The summed E-state index contributed by atoms with van der Waals surface area (Å²) in [6.45, 7) is -0.344. The van der Waals surface area contributed by atoms with Crippen molar-refractivity contribution in [3.05, 3.63) is 0 Å². The summed E-state index contributed by atoms with van der Waals surface area (Å²) in [5.41, 5.74) is -1.34. The minimum atomic E-state index is -1.34. The molecular formula is C20H38N2O6. The van der Waals surface area contributed by atoms with Crippen LogP contribution in [0.25, 0.3) is 0 Å². The van der Waals surface area contributed by atoms with Crippen LogP contribution in [0.15, 0.2) is 0 Å². The number of aliphatic hydroxyl groups is 4. The number of nitrogens with zero attached hydrogens (tertiary/aromatic N) is 1. The average molecular weight is 403 g/mol. The number of nitrogens with one attached hydrogen (secondary N) is 1. The Morgan fingerprint density at radius 2 is 1.36 bits per heavy atom. The molecule has 8 heteroatoms. The lowest BCUT2D eigenvalue weighted by atomic mass is 10.0. The van der Waals surface area contributed by atoms with Gasteiger partial charge < -0.3 is 30.6 Å². The quantitative estimate of drug-likeness (QED) is 0.251. The van der Waals surface area contributed by atoms with Crippen LogP contribution in [0.5, 0.6) is 0 Å². The fraction of sp³-hybridized carbons (Fsp3) is 0.900. The second-order valence-electron chi connectivity index (χ2n) is 7.91. The fourth-order valence-electron chi connectivity index (χ4n) is 3.38. The maximum absolute atomic E-state index is 11.9. The molecule has 28 heavy (non-hydrogen) atoms. The SMILES string of the molecule is O=C(CCCCCCCCCCC(=O)N1CC[C@@H](O)C1)NC(CO)(CO)CO. The Morgan fingerprint density at radius 3 is 1.82 bits per heavy atom. The summed E-state index contributed by atoms with van der Waals surface area (Å²) < 4.78 is 0. The molecule has 1 fully saturated rings. The van der Waals surface area contributed by atoms with Gasteiger partial charge in [0.1, 0.15) is 5.54 Å². The molecule has 0 spiro atoms. The number of unbranched alkanes of at least 4 members (excludes halogenated alkanes) is 7. The maximum Gasteiger partial charge on any atom is 0.222 e. The highest BCUT2D eigenvalue weighted by molar-refractivity contribution is 5.77. The Bertz CT molecular complexity index is 448. The number of hydrogen-bond donors (Lipinski definition) is 5. The Labute approximate surface area is 167 Å². The largest absolute Gasteiger partial charge is 0.394 e. The number of carbonyl (C=O) groups is 2. The van der Waals surface area contributed by atoms with Crippen LogP contribution < -0.4 is 5.32 Å². The molecule has 0 aromatic rings. The van der Waals surface area contributed by atoms with Crippen molar-refractivity contribution in [1.29, 1.82) is 0 Å². The smallest absolute Gasteiger partial charge is 0.222 e. The first-order valence-corrected chi connectivity index (χ1v) is 10.6. The van der Waals surface area contributed by atoms with Crippen molar-refractivity contribution in [2.24, 2.45) is 0 Å². The molecule has 2 amide bonds. The van der Waals surface area contributed by atoms with Crippen molar-refractivity contribution in [3.63, 3.8) is 0 Å². The Kier molecular flexibility index (Phi) is 12.3. The molecule has 0 aliphatic carbocycles. The maximum atomic E-state index is 11.9. The first-order chi connectivity index (χ1) is 13.5. The minimum absolute atomic E-state index is 0.155. The molecule has 0 aromatic carbocycles. The van der Waals surface area contributed by atoms with Crippen molar-refractivity contribution >= 4 is 11.8 Å². The number of carbonyl (C=O) groups excluding carboxylic acids is 2. The molecule has 0 radical (unpaired) electrons. The molecule has 1 rings (SSSR count). The molecule has 164 valence electrons. The van der Waals surface area contributed by atoms with Crippen LogP contribution in [0.1, 0.15) is 70.6 Å². The standard InChI is InChI=1S/C20H38N2O6/c23-14-20(15-24,16-25)21-18(27)9-7-5-3-1-2-4-6-8-10-19(28)22-12-11-17(26)13-22/h17,23-26H,1-16H2,(H,21,27)/t17-/m1/s1. The first kappa shape index (κ1) is 24.8. The molecular weight excluding hydrogens is 364 g/mol. The van der Waals surface area contributed by atoms with Crippen molar-refractivity contribution in [2.75, 3.05) is 32.9 Å². The molecule has 0 saturated carbocycles. The number of β-amino-alcohol motifs (C(OH)–C–C–N with tert-alkyl or cyclic N) is 1. The lowest BCUT2D eigenvalue weighted by Crippen LogP contribution is -2.57. The van der Waals surface area contributed by atoms with Crippen LogP contribution in [-0.4, -0.2) is 81.7 Å². The Hall–Kier alpha value is -1.22. The Morgan fingerprint density at radius 1 is 0.857 bits per heavy atom. The Balaban J connectivity index is 1.93. The number of likely N-dealkylation sites (tertiary alicyclic amines) is 1. The van der Waals surface area contributed by atoms with Gasteiger partial charge in [-0.1, -0.05) is 38.5 Å². The van der Waals surface area contributed by atoms with Crippen LogP contribution >= 0.6 is 0 Å². The summed E-state index contributed by atoms with van der Waals surface area (Å²) >= 11 is 0. The second-order valence-corrected chi connectivity index (χ2v) is 7.91. The molecule has 0 bridgehead atoms. The summed E-state index contributed by atoms with van der Waals surface area (Å²) in [6.07, 6.45) is 9.19. The van der Waals surface area contributed by atoms with Gasteiger partial charge in [0, 0.05) is 25.9 Å². The van der Waals surface area contributed by atoms with E-state index in [9.17, 15) is 30.0 Å². The van der Waals surface area contributed by atoms with Crippen molar-refractivity contribution < 1.29 is 30.0 Å². The van der Waals surface area contributed by atoms with Gasteiger partial charge in [-0.25, -0.2) is 0 Å². The topological polar surface area (TPSA) is 130 Å². The fourth-order valence-corrected chi connectivity index (χ4v) is 3.38. The molecule has 1 saturated heterocycles. The molecule has 0 aromatic heterocycles. The van der Waals surface area contributed by atoms with E-state index in [-0.39, 0.29) is 17.9 Å². The van der Waals surface area contributed by atoms with Gasteiger partial charge in [-0.05, 0) is 19.3 Å². The monoisotopic (exact) mass is 402 g/mol. The number of amides is 2. The van der Waals surface area contributed by atoms with E-state index in [0.29, 0.717) is 32.4 Å². The van der Waals surface area contributed by atoms with E-state index in [4.69, 9.17) is 0 Å². The predicted molar refractivity (Wildman–Crippen MR) is 106 cm³/mol. The average Bonchev–Trinajstić information content (AvgIpc) is 3.14. The van der Waals surface area contributed by atoms with Gasteiger partial charge in [0.25, 0.3) is 0 Å². The van der Waals surface area contributed by atoms with E-state index in [1.165, 1.54) is 0 Å². The first-order valence-electron chi connectivity index (χ1n) is 10.6. The van der Waals surface area contributed by atoms with E-state index in [2.05, 4.69) is 5.32 Å².